The van der Waals surface area contributed by atoms with Gasteiger partial charge in [-0.3, -0.25) is 0 Å². The van der Waals surface area contributed by atoms with Crippen molar-refractivity contribution < 1.29 is 0 Å². The summed E-state index contributed by atoms with van der Waals surface area (Å²) in [6.45, 7) is 0.878. The van der Waals surface area contributed by atoms with Crippen molar-refractivity contribution in [2.24, 2.45) is 0 Å². The van der Waals surface area contributed by atoms with Crippen molar-refractivity contribution in [1.82, 2.24) is 0 Å². The zero-order valence-corrected chi connectivity index (χ0v) is 12.1. The summed E-state index contributed by atoms with van der Waals surface area (Å²) in [6.07, 6.45) is 0. The molecular formula is C15H12BrNS. The van der Waals surface area contributed by atoms with Gasteiger partial charge in [-0.05, 0) is 29.0 Å². The first-order valence-corrected chi connectivity index (χ1v) is 7.45. The summed E-state index contributed by atoms with van der Waals surface area (Å²) in [5, 5.41) is 8.11. The van der Waals surface area contributed by atoms with E-state index >= 15 is 0 Å². The second-order valence-corrected chi connectivity index (χ2v) is 5.96. The van der Waals surface area contributed by atoms with Crippen molar-refractivity contribution >= 4 is 43.7 Å². The van der Waals surface area contributed by atoms with Gasteiger partial charge in [0.1, 0.15) is 0 Å². The molecule has 2 aromatic carbocycles. The summed E-state index contributed by atoms with van der Waals surface area (Å²) >= 11 is 5.37. The highest BCUT2D eigenvalue weighted by Gasteiger charge is 2.03. The molecule has 0 aliphatic heterocycles. The highest BCUT2D eigenvalue weighted by Crippen LogP contribution is 2.30. The molecular weight excluding hydrogens is 306 g/mol. The number of halogens is 1. The quantitative estimate of drug-likeness (QED) is 0.693. The van der Waals surface area contributed by atoms with Crippen LogP contribution in [0.1, 0.15) is 4.88 Å². The molecule has 3 heteroatoms. The zero-order chi connectivity index (χ0) is 12.4. The van der Waals surface area contributed by atoms with Crippen molar-refractivity contribution in [3.8, 4) is 0 Å². The molecule has 1 N–H and O–H groups in total. The molecule has 1 nitrogen and oxygen atoms in total. The number of hydrogen-bond donors (Lipinski definition) is 1. The summed E-state index contributed by atoms with van der Waals surface area (Å²) < 4.78 is 1.14. The van der Waals surface area contributed by atoms with Crippen LogP contribution in [-0.2, 0) is 6.54 Å². The highest BCUT2D eigenvalue weighted by molar-refractivity contribution is 9.10. The molecule has 0 amide bonds. The summed E-state index contributed by atoms with van der Waals surface area (Å²) in [4.78, 5) is 1.35. The van der Waals surface area contributed by atoms with Crippen LogP contribution in [0.3, 0.4) is 0 Å². The smallest absolute Gasteiger partial charge is 0.0494 e. The maximum atomic E-state index is 3.60. The molecule has 1 heterocycles. The average molecular weight is 318 g/mol. The van der Waals surface area contributed by atoms with Gasteiger partial charge in [0.05, 0.1) is 0 Å². The minimum atomic E-state index is 0.878. The Bertz CT molecular complexity index is 661. The van der Waals surface area contributed by atoms with Crippen LogP contribution in [0.5, 0.6) is 0 Å². The van der Waals surface area contributed by atoms with Crippen LogP contribution >= 0.6 is 27.3 Å². The van der Waals surface area contributed by atoms with E-state index in [1.165, 1.54) is 21.3 Å². The molecule has 0 unspecified atom stereocenters. The zero-order valence-electron chi connectivity index (χ0n) is 9.69. The fraction of sp³-hybridized carbons (Fsp3) is 0.0667. The molecule has 0 saturated carbocycles. The predicted molar refractivity (Wildman–Crippen MR) is 83.3 cm³/mol. The monoisotopic (exact) mass is 317 g/mol. The maximum absolute atomic E-state index is 3.60. The molecule has 90 valence electrons. The number of hydrogen-bond acceptors (Lipinski definition) is 2. The van der Waals surface area contributed by atoms with Crippen LogP contribution in [0.15, 0.2) is 58.4 Å². The summed E-state index contributed by atoms with van der Waals surface area (Å²) in [5.41, 5.74) is 1.18. The Morgan fingerprint density at radius 1 is 0.944 bits per heavy atom. The molecule has 0 radical (unpaired) electrons. The Kier molecular flexibility index (Phi) is 3.35. The molecule has 0 atom stereocenters. The number of anilines is 1. The third kappa shape index (κ3) is 2.28. The third-order valence-electron chi connectivity index (χ3n) is 2.90. The lowest BCUT2D eigenvalue weighted by Crippen LogP contribution is -1.98. The van der Waals surface area contributed by atoms with E-state index in [0.717, 1.165) is 11.0 Å². The lowest BCUT2D eigenvalue weighted by Gasteiger charge is -2.10. The molecule has 1 aromatic heterocycles. The number of fused-ring (bicyclic) bond motifs is 1. The first-order valence-electron chi connectivity index (χ1n) is 5.78. The summed E-state index contributed by atoms with van der Waals surface area (Å²) in [7, 11) is 0. The fourth-order valence-corrected chi connectivity index (χ4v) is 3.13. The molecule has 0 saturated heterocycles. The normalized spacial score (nSPS) is 10.7. The minimum absolute atomic E-state index is 0.878. The Labute approximate surface area is 119 Å². The van der Waals surface area contributed by atoms with Gasteiger partial charge in [0.15, 0.2) is 0 Å². The van der Waals surface area contributed by atoms with Gasteiger partial charge in [-0.2, -0.15) is 0 Å². The van der Waals surface area contributed by atoms with Gasteiger partial charge in [-0.1, -0.05) is 46.3 Å². The van der Waals surface area contributed by atoms with Crippen LogP contribution in [0.25, 0.3) is 10.8 Å². The fourth-order valence-electron chi connectivity index (χ4n) is 2.01. The van der Waals surface area contributed by atoms with Gasteiger partial charge in [0, 0.05) is 27.0 Å². The van der Waals surface area contributed by atoms with E-state index in [2.05, 4.69) is 75.2 Å². The Morgan fingerprint density at radius 2 is 1.78 bits per heavy atom. The van der Waals surface area contributed by atoms with E-state index in [9.17, 15) is 0 Å². The van der Waals surface area contributed by atoms with Gasteiger partial charge in [-0.15, -0.1) is 11.3 Å². The van der Waals surface area contributed by atoms with E-state index in [-0.39, 0.29) is 0 Å². The van der Waals surface area contributed by atoms with Crippen LogP contribution < -0.4 is 5.32 Å². The number of rotatable bonds is 3. The largest absolute Gasteiger partial charge is 0.380 e. The van der Waals surface area contributed by atoms with Gasteiger partial charge >= 0.3 is 0 Å². The standard InChI is InChI=1S/C15H12BrNS/c16-14-7-8-15(13-6-2-1-5-12(13)14)17-10-11-4-3-9-18-11/h1-9,17H,10H2. The van der Waals surface area contributed by atoms with Crippen molar-refractivity contribution in [2.45, 2.75) is 6.54 Å². The van der Waals surface area contributed by atoms with E-state index < -0.39 is 0 Å². The minimum Gasteiger partial charge on any atom is -0.380 e. The Balaban J connectivity index is 1.94. The van der Waals surface area contributed by atoms with E-state index in [4.69, 9.17) is 0 Å². The summed E-state index contributed by atoms with van der Waals surface area (Å²) in [5.74, 6) is 0. The molecule has 0 bridgehead atoms. The molecule has 0 fully saturated rings. The molecule has 0 aliphatic carbocycles. The van der Waals surface area contributed by atoms with Gasteiger partial charge in [-0.25, -0.2) is 0 Å². The second kappa shape index (κ2) is 5.12. The SMILES string of the molecule is Brc1ccc(NCc2cccs2)c2ccccc12. The molecule has 3 rings (SSSR count). The Morgan fingerprint density at radius 3 is 2.56 bits per heavy atom. The highest BCUT2D eigenvalue weighted by atomic mass is 79.9. The molecule has 0 aliphatic rings. The first kappa shape index (κ1) is 11.8. The molecule has 3 aromatic rings. The topological polar surface area (TPSA) is 12.0 Å². The van der Waals surface area contributed by atoms with Crippen LogP contribution in [-0.4, -0.2) is 0 Å². The first-order chi connectivity index (χ1) is 8.84. The second-order valence-electron chi connectivity index (χ2n) is 4.07. The van der Waals surface area contributed by atoms with Crippen LogP contribution in [0.4, 0.5) is 5.69 Å². The van der Waals surface area contributed by atoms with Crippen molar-refractivity contribution in [2.75, 3.05) is 5.32 Å². The van der Waals surface area contributed by atoms with Crippen molar-refractivity contribution in [1.29, 1.82) is 0 Å². The van der Waals surface area contributed by atoms with Crippen LogP contribution in [0, 0.1) is 0 Å². The number of nitrogens with one attached hydrogen (secondary N) is 1. The third-order valence-corrected chi connectivity index (χ3v) is 4.47. The maximum Gasteiger partial charge on any atom is 0.0494 e. The van der Waals surface area contributed by atoms with E-state index in [0.29, 0.717) is 0 Å². The van der Waals surface area contributed by atoms with E-state index in [1.54, 1.807) is 11.3 Å². The van der Waals surface area contributed by atoms with Crippen LogP contribution in [0.2, 0.25) is 0 Å². The lowest BCUT2D eigenvalue weighted by molar-refractivity contribution is 1.20. The van der Waals surface area contributed by atoms with Gasteiger partial charge < -0.3 is 5.32 Å². The average Bonchev–Trinajstić information content (AvgIpc) is 2.92. The predicted octanol–water partition coefficient (Wildman–Crippen LogP) is 5.28. The van der Waals surface area contributed by atoms with Crippen molar-refractivity contribution in [3.05, 3.63) is 63.3 Å². The van der Waals surface area contributed by atoms with Gasteiger partial charge in [0.2, 0.25) is 0 Å². The van der Waals surface area contributed by atoms with Gasteiger partial charge in [0.25, 0.3) is 0 Å². The summed E-state index contributed by atoms with van der Waals surface area (Å²) in [6, 6.07) is 16.9. The number of thiophene rings is 1. The molecule has 0 spiro atoms. The Hall–Kier alpha value is -1.32. The molecule has 18 heavy (non-hydrogen) atoms. The van der Waals surface area contributed by atoms with E-state index in [1.807, 2.05) is 0 Å². The lowest BCUT2D eigenvalue weighted by atomic mass is 10.1. The number of benzene rings is 2. The van der Waals surface area contributed by atoms with Crippen molar-refractivity contribution in [3.63, 3.8) is 0 Å².